The quantitative estimate of drug-likeness (QED) is 0.825. The molecule has 1 saturated heterocycles. The molecular weight excluding hydrogens is 350 g/mol. The molecule has 0 unspecified atom stereocenters. The Morgan fingerprint density at radius 3 is 2.38 bits per heavy atom. The topological polar surface area (TPSA) is 66.6 Å². The van der Waals surface area contributed by atoms with Gasteiger partial charge >= 0.3 is 7.12 Å². The molecule has 1 aliphatic rings. The predicted octanol–water partition coefficient (Wildman–Crippen LogP) is 3.76. The predicted molar refractivity (Wildman–Crippen MR) is 105 cm³/mol. The van der Waals surface area contributed by atoms with Crippen molar-refractivity contribution in [2.45, 2.75) is 51.9 Å². The van der Waals surface area contributed by atoms with E-state index in [-0.39, 0.29) is 6.10 Å². The van der Waals surface area contributed by atoms with E-state index in [0.29, 0.717) is 16.6 Å². The van der Waals surface area contributed by atoms with Crippen molar-refractivity contribution in [3.63, 3.8) is 0 Å². The number of halogens is 1. The minimum Gasteiger partial charge on any atom is -0.482 e. The molecule has 3 rings (SSSR count). The lowest BCUT2D eigenvalue weighted by molar-refractivity contribution is 0.00578. The average Bonchev–Trinajstić information content (AvgIpc) is 2.78. The third kappa shape index (κ3) is 3.54. The lowest BCUT2D eigenvalue weighted by Gasteiger charge is -2.32. The van der Waals surface area contributed by atoms with E-state index in [4.69, 9.17) is 31.4 Å². The smallest absolute Gasteiger partial charge is 0.482 e. The van der Waals surface area contributed by atoms with Gasteiger partial charge in [-0.1, -0.05) is 29.8 Å². The zero-order chi connectivity index (χ0) is 19.1. The lowest BCUT2D eigenvalue weighted by Crippen LogP contribution is -2.41. The van der Waals surface area contributed by atoms with Crippen molar-refractivity contribution in [3.05, 3.63) is 47.1 Å². The van der Waals surface area contributed by atoms with Crippen LogP contribution in [0.2, 0.25) is 5.02 Å². The molecule has 26 heavy (non-hydrogen) atoms. The summed E-state index contributed by atoms with van der Waals surface area (Å²) in [6, 6.07) is 9.38. The standard InChI is InChI=1S/C19H24BClN2O3/c1-12(14-8-6-7-9-15(14)21)24-16-10-13(11-23-17(16)22)20-25-18(2,3)19(4,5)26-20/h6-12H,1-5H3,(H2,22,23)/t12-/m0/s1. The summed E-state index contributed by atoms with van der Waals surface area (Å²) in [7, 11) is -0.522. The Morgan fingerprint density at radius 2 is 1.77 bits per heavy atom. The summed E-state index contributed by atoms with van der Waals surface area (Å²) < 4.78 is 18.2. The van der Waals surface area contributed by atoms with Crippen LogP contribution in [0.1, 0.15) is 46.3 Å². The number of anilines is 1. The number of benzene rings is 1. The number of nitrogens with two attached hydrogens (primary N) is 1. The summed E-state index contributed by atoms with van der Waals surface area (Å²) >= 11 is 6.26. The minimum absolute atomic E-state index is 0.277. The van der Waals surface area contributed by atoms with Crippen molar-refractivity contribution in [3.8, 4) is 5.75 Å². The van der Waals surface area contributed by atoms with E-state index in [2.05, 4.69) is 4.98 Å². The molecule has 1 aromatic heterocycles. The van der Waals surface area contributed by atoms with Crippen LogP contribution >= 0.6 is 11.6 Å². The van der Waals surface area contributed by atoms with Gasteiger partial charge in [0.05, 0.1) is 11.2 Å². The molecule has 0 spiro atoms. The first-order valence-electron chi connectivity index (χ1n) is 8.63. The van der Waals surface area contributed by atoms with E-state index < -0.39 is 18.3 Å². The van der Waals surface area contributed by atoms with Crippen LogP contribution in [-0.2, 0) is 9.31 Å². The average molecular weight is 375 g/mol. The zero-order valence-corrected chi connectivity index (χ0v) is 16.5. The van der Waals surface area contributed by atoms with Crippen molar-refractivity contribution >= 4 is 30.0 Å². The number of pyridine rings is 1. The van der Waals surface area contributed by atoms with E-state index in [1.54, 1.807) is 6.20 Å². The number of nitrogen functional groups attached to an aromatic ring is 1. The Hall–Kier alpha value is -1.76. The van der Waals surface area contributed by atoms with Gasteiger partial charge in [-0.15, -0.1) is 0 Å². The fraction of sp³-hybridized carbons (Fsp3) is 0.421. The third-order valence-electron chi connectivity index (χ3n) is 5.08. The summed E-state index contributed by atoms with van der Waals surface area (Å²) in [4.78, 5) is 4.25. The summed E-state index contributed by atoms with van der Waals surface area (Å²) in [5, 5.41) is 0.647. The molecular formula is C19H24BClN2O3. The minimum atomic E-state index is -0.522. The molecule has 0 aliphatic carbocycles. The highest BCUT2D eigenvalue weighted by Gasteiger charge is 2.52. The highest BCUT2D eigenvalue weighted by atomic mass is 35.5. The fourth-order valence-corrected chi connectivity index (χ4v) is 3.02. The van der Waals surface area contributed by atoms with Crippen LogP contribution in [0.5, 0.6) is 5.75 Å². The molecule has 0 amide bonds. The van der Waals surface area contributed by atoms with E-state index in [0.717, 1.165) is 11.0 Å². The Morgan fingerprint density at radius 1 is 1.15 bits per heavy atom. The Balaban J connectivity index is 1.84. The molecule has 138 valence electrons. The largest absolute Gasteiger partial charge is 0.496 e. The van der Waals surface area contributed by atoms with Crippen molar-refractivity contribution < 1.29 is 14.0 Å². The Bertz CT molecular complexity index is 797. The second-order valence-electron chi connectivity index (χ2n) is 7.52. The van der Waals surface area contributed by atoms with Gasteiger partial charge in [-0.3, -0.25) is 0 Å². The van der Waals surface area contributed by atoms with Gasteiger partial charge in [0.25, 0.3) is 0 Å². The summed E-state index contributed by atoms with van der Waals surface area (Å²) in [6.45, 7) is 9.95. The lowest BCUT2D eigenvalue weighted by atomic mass is 9.80. The summed E-state index contributed by atoms with van der Waals surface area (Å²) in [5.41, 5.74) is 6.80. The normalized spacial score (nSPS) is 19.4. The second kappa shape index (κ2) is 6.76. The van der Waals surface area contributed by atoms with Gasteiger partial charge in [-0.2, -0.15) is 0 Å². The first-order chi connectivity index (χ1) is 12.1. The van der Waals surface area contributed by atoms with Gasteiger partial charge in [-0.25, -0.2) is 4.98 Å². The van der Waals surface area contributed by atoms with Crippen molar-refractivity contribution in [1.82, 2.24) is 4.98 Å². The van der Waals surface area contributed by atoms with Crippen LogP contribution < -0.4 is 15.9 Å². The van der Waals surface area contributed by atoms with Gasteiger partial charge in [-0.05, 0) is 46.8 Å². The molecule has 1 aliphatic heterocycles. The molecule has 1 aromatic carbocycles. The molecule has 0 saturated carbocycles. The highest BCUT2D eigenvalue weighted by Crippen LogP contribution is 2.37. The van der Waals surface area contributed by atoms with Crippen LogP contribution in [0.3, 0.4) is 0 Å². The van der Waals surface area contributed by atoms with Crippen LogP contribution in [0.15, 0.2) is 36.5 Å². The number of rotatable bonds is 4. The molecule has 1 atom stereocenters. The van der Waals surface area contributed by atoms with Gasteiger partial charge in [0.2, 0.25) is 0 Å². The maximum Gasteiger partial charge on any atom is 0.496 e. The third-order valence-corrected chi connectivity index (χ3v) is 5.42. The van der Waals surface area contributed by atoms with E-state index >= 15 is 0 Å². The second-order valence-corrected chi connectivity index (χ2v) is 7.93. The number of nitrogens with zero attached hydrogens (tertiary/aromatic N) is 1. The van der Waals surface area contributed by atoms with Crippen LogP contribution in [0, 0.1) is 0 Å². The summed E-state index contributed by atoms with van der Waals surface area (Å²) in [5.74, 6) is 0.786. The van der Waals surface area contributed by atoms with E-state index in [1.807, 2.05) is 65.0 Å². The fourth-order valence-electron chi connectivity index (χ4n) is 2.73. The number of ether oxygens (including phenoxy) is 1. The number of hydrogen-bond acceptors (Lipinski definition) is 5. The van der Waals surface area contributed by atoms with Crippen LogP contribution in [0.4, 0.5) is 5.82 Å². The van der Waals surface area contributed by atoms with Gasteiger partial charge in [0.15, 0.2) is 11.6 Å². The van der Waals surface area contributed by atoms with E-state index in [9.17, 15) is 0 Å². The SMILES string of the molecule is C[C@H](Oc1cc(B2OC(C)(C)C(C)(C)O2)cnc1N)c1ccccc1Cl. The molecule has 2 heterocycles. The number of aromatic nitrogens is 1. The molecule has 5 nitrogen and oxygen atoms in total. The maximum absolute atomic E-state index is 6.26. The molecule has 0 radical (unpaired) electrons. The Labute approximate surface area is 159 Å². The molecule has 1 fully saturated rings. The molecule has 2 aromatic rings. The van der Waals surface area contributed by atoms with Crippen LogP contribution in [-0.4, -0.2) is 23.3 Å². The first-order valence-corrected chi connectivity index (χ1v) is 9.00. The highest BCUT2D eigenvalue weighted by molar-refractivity contribution is 6.62. The monoisotopic (exact) mass is 374 g/mol. The van der Waals surface area contributed by atoms with Gasteiger partial charge in [0, 0.05) is 22.2 Å². The van der Waals surface area contributed by atoms with Gasteiger partial charge < -0.3 is 19.8 Å². The zero-order valence-electron chi connectivity index (χ0n) is 15.7. The van der Waals surface area contributed by atoms with Crippen LogP contribution in [0.25, 0.3) is 0 Å². The first kappa shape index (κ1) is 19.0. The molecule has 0 bridgehead atoms. The van der Waals surface area contributed by atoms with Crippen molar-refractivity contribution in [1.29, 1.82) is 0 Å². The maximum atomic E-state index is 6.26. The van der Waals surface area contributed by atoms with E-state index in [1.165, 1.54) is 0 Å². The molecule has 7 heteroatoms. The Kier molecular flexibility index (Phi) is 4.95. The van der Waals surface area contributed by atoms with Crippen molar-refractivity contribution in [2.24, 2.45) is 0 Å². The van der Waals surface area contributed by atoms with Gasteiger partial charge in [0.1, 0.15) is 6.10 Å². The van der Waals surface area contributed by atoms with Crippen molar-refractivity contribution in [2.75, 3.05) is 5.73 Å². The number of hydrogen-bond donors (Lipinski definition) is 1. The molecule has 2 N–H and O–H groups in total. The summed E-state index contributed by atoms with van der Waals surface area (Å²) in [6.07, 6.45) is 1.38.